The minimum atomic E-state index is 0.385. The van der Waals surface area contributed by atoms with Crippen molar-refractivity contribution in [2.75, 3.05) is 45.2 Å². The smallest absolute Gasteiger partial charge is 0.0572 e. The van der Waals surface area contributed by atoms with Crippen molar-refractivity contribution in [3.63, 3.8) is 0 Å². The lowest BCUT2D eigenvalue weighted by Gasteiger charge is -2.39. The molecule has 24 heavy (non-hydrogen) atoms. The maximum absolute atomic E-state index is 4.51. The Hall–Kier alpha value is -1.91. The summed E-state index contributed by atoms with van der Waals surface area (Å²) in [4.78, 5) is 11.7. The monoisotopic (exact) mass is 324 g/mol. The fourth-order valence-corrected chi connectivity index (χ4v) is 3.35. The van der Waals surface area contributed by atoms with Crippen LogP contribution in [0.15, 0.2) is 48.7 Å². The van der Waals surface area contributed by atoms with Crippen LogP contribution >= 0.6 is 0 Å². The molecule has 0 saturated carbocycles. The first-order chi connectivity index (χ1) is 11.6. The summed E-state index contributed by atoms with van der Waals surface area (Å²) in [6.45, 7) is 7.56. The first-order valence-electron chi connectivity index (χ1n) is 8.77. The van der Waals surface area contributed by atoms with Gasteiger partial charge in [0.05, 0.1) is 5.69 Å². The van der Waals surface area contributed by atoms with E-state index in [4.69, 9.17) is 0 Å². The number of piperazine rings is 1. The standard InChI is InChI=1S/C20H28N4/c1-17(20-6-4-5-11-21-20)23-12-14-24(15-13-23)19-9-7-18(8-10-19)16-22(2)3/h4-11,17H,12-16H2,1-3H3. The van der Waals surface area contributed by atoms with Crippen LogP contribution in [0.3, 0.4) is 0 Å². The molecule has 1 aromatic carbocycles. The van der Waals surface area contributed by atoms with Crippen LogP contribution in [0.4, 0.5) is 5.69 Å². The van der Waals surface area contributed by atoms with Crippen LogP contribution in [0.5, 0.6) is 0 Å². The van der Waals surface area contributed by atoms with E-state index < -0.39 is 0 Å². The fourth-order valence-electron chi connectivity index (χ4n) is 3.35. The Morgan fingerprint density at radius 2 is 1.71 bits per heavy atom. The summed E-state index contributed by atoms with van der Waals surface area (Å²) in [6.07, 6.45) is 1.89. The van der Waals surface area contributed by atoms with E-state index in [0.29, 0.717) is 6.04 Å². The van der Waals surface area contributed by atoms with E-state index in [1.165, 1.54) is 16.9 Å². The molecule has 1 fully saturated rings. The van der Waals surface area contributed by atoms with Gasteiger partial charge in [-0.2, -0.15) is 0 Å². The number of rotatable bonds is 5. The molecule has 1 aromatic heterocycles. The summed E-state index contributed by atoms with van der Waals surface area (Å²) in [7, 11) is 4.21. The molecule has 4 heteroatoms. The molecule has 0 spiro atoms. The Bertz CT molecular complexity index is 616. The molecule has 1 unspecified atom stereocenters. The molecule has 1 saturated heterocycles. The zero-order chi connectivity index (χ0) is 16.9. The molecular formula is C20H28N4. The highest BCUT2D eigenvalue weighted by Gasteiger charge is 2.22. The third kappa shape index (κ3) is 4.13. The summed E-state index contributed by atoms with van der Waals surface area (Å²) in [5, 5.41) is 0. The first-order valence-corrected chi connectivity index (χ1v) is 8.77. The van der Waals surface area contributed by atoms with E-state index in [0.717, 1.165) is 32.7 Å². The molecule has 128 valence electrons. The lowest BCUT2D eigenvalue weighted by molar-refractivity contribution is 0.195. The van der Waals surface area contributed by atoms with E-state index in [1.54, 1.807) is 0 Å². The van der Waals surface area contributed by atoms with Crippen LogP contribution in [-0.2, 0) is 6.54 Å². The average molecular weight is 324 g/mol. The second-order valence-corrected chi connectivity index (χ2v) is 6.86. The highest BCUT2D eigenvalue weighted by molar-refractivity contribution is 5.48. The lowest BCUT2D eigenvalue weighted by atomic mass is 10.1. The predicted octanol–water partition coefficient (Wildman–Crippen LogP) is 3.03. The van der Waals surface area contributed by atoms with Gasteiger partial charge in [-0.25, -0.2) is 0 Å². The maximum Gasteiger partial charge on any atom is 0.0572 e. The molecule has 0 N–H and O–H groups in total. The van der Waals surface area contributed by atoms with Crippen LogP contribution in [0.25, 0.3) is 0 Å². The molecule has 3 rings (SSSR count). The summed E-state index contributed by atoms with van der Waals surface area (Å²) in [5.41, 5.74) is 3.87. The van der Waals surface area contributed by atoms with Gasteiger partial charge in [-0.1, -0.05) is 18.2 Å². The Labute approximate surface area is 145 Å². The number of aromatic nitrogens is 1. The van der Waals surface area contributed by atoms with Crippen molar-refractivity contribution in [2.45, 2.75) is 19.5 Å². The Kier molecular flexibility index (Phi) is 5.48. The Morgan fingerprint density at radius 1 is 1.00 bits per heavy atom. The summed E-state index contributed by atoms with van der Waals surface area (Å²) >= 11 is 0. The number of benzene rings is 1. The van der Waals surface area contributed by atoms with Crippen molar-refractivity contribution in [2.24, 2.45) is 0 Å². The third-order valence-corrected chi connectivity index (χ3v) is 4.78. The van der Waals surface area contributed by atoms with Gasteiger partial charge in [0.25, 0.3) is 0 Å². The number of anilines is 1. The second-order valence-electron chi connectivity index (χ2n) is 6.86. The van der Waals surface area contributed by atoms with Gasteiger partial charge in [0.15, 0.2) is 0 Å². The van der Waals surface area contributed by atoms with Gasteiger partial charge in [-0.3, -0.25) is 9.88 Å². The zero-order valence-electron chi connectivity index (χ0n) is 15.0. The minimum absolute atomic E-state index is 0.385. The normalized spacial score (nSPS) is 17.2. The van der Waals surface area contributed by atoms with Crippen molar-refractivity contribution in [3.8, 4) is 0 Å². The van der Waals surface area contributed by atoms with Gasteiger partial charge in [-0.15, -0.1) is 0 Å². The summed E-state index contributed by atoms with van der Waals surface area (Å²) < 4.78 is 0. The van der Waals surface area contributed by atoms with E-state index >= 15 is 0 Å². The lowest BCUT2D eigenvalue weighted by Crippen LogP contribution is -2.47. The van der Waals surface area contributed by atoms with Crippen LogP contribution in [0.2, 0.25) is 0 Å². The largest absolute Gasteiger partial charge is 0.369 e. The van der Waals surface area contributed by atoms with Crippen molar-refractivity contribution < 1.29 is 0 Å². The van der Waals surface area contributed by atoms with E-state index in [-0.39, 0.29) is 0 Å². The molecule has 4 nitrogen and oxygen atoms in total. The van der Waals surface area contributed by atoms with Gasteiger partial charge >= 0.3 is 0 Å². The third-order valence-electron chi connectivity index (χ3n) is 4.78. The maximum atomic E-state index is 4.51. The molecule has 0 bridgehead atoms. The van der Waals surface area contributed by atoms with Gasteiger partial charge in [0.1, 0.15) is 0 Å². The predicted molar refractivity (Wildman–Crippen MR) is 100 cm³/mol. The number of pyridine rings is 1. The van der Waals surface area contributed by atoms with E-state index in [2.05, 4.69) is 77.1 Å². The second kappa shape index (κ2) is 7.77. The van der Waals surface area contributed by atoms with Crippen molar-refractivity contribution in [3.05, 3.63) is 59.9 Å². The quantitative estimate of drug-likeness (QED) is 0.843. The average Bonchev–Trinajstić information content (AvgIpc) is 2.62. The molecule has 0 amide bonds. The van der Waals surface area contributed by atoms with Crippen molar-refractivity contribution in [1.29, 1.82) is 0 Å². The van der Waals surface area contributed by atoms with Gasteiger partial charge in [-0.05, 0) is 50.8 Å². The van der Waals surface area contributed by atoms with E-state index in [1.807, 2.05) is 12.3 Å². The van der Waals surface area contributed by atoms with Gasteiger partial charge < -0.3 is 9.80 Å². The summed E-state index contributed by atoms with van der Waals surface area (Å²) in [6, 6.07) is 15.6. The van der Waals surface area contributed by atoms with Gasteiger partial charge in [0, 0.05) is 50.6 Å². The molecule has 1 aliphatic heterocycles. The van der Waals surface area contributed by atoms with E-state index in [9.17, 15) is 0 Å². The zero-order valence-corrected chi connectivity index (χ0v) is 15.0. The SMILES string of the molecule is CC(c1ccccn1)N1CCN(c2ccc(CN(C)C)cc2)CC1. The number of hydrogen-bond donors (Lipinski definition) is 0. The van der Waals surface area contributed by atoms with Crippen LogP contribution < -0.4 is 4.90 Å². The fraction of sp³-hybridized carbons (Fsp3) is 0.450. The highest BCUT2D eigenvalue weighted by atomic mass is 15.3. The minimum Gasteiger partial charge on any atom is -0.369 e. The molecule has 1 aliphatic rings. The Morgan fingerprint density at radius 3 is 2.29 bits per heavy atom. The van der Waals surface area contributed by atoms with Crippen molar-refractivity contribution in [1.82, 2.24) is 14.8 Å². The number of nitrogens with zero attached hydrogens (tertiary/aromatic N) is 4. The molecule has 0 aliphatic carbocycles. The molecule has 1 atom stereocenters. The van der Waals surface area contributed by atoms with Crippen LogP contribution in [-0.4, -0.2) is 55.1 Å². The Balaban J connectivity index is 1.57. The molecular weight excluding hydrogens is 296 g/mol. The van der Waals surface area contributed by atoms with Crippen LogP contribution in [0, 0.1) is 0 Å². The molecule has 0 radical (unpaired) electrons. The summed E-state index contributed by atoms with van der Waals surface area (Å²) in [5.74, 6) is 0. The van der Waals surface area contributed by atoms with Gasteiger partial charge in [0.2, 0.25) is 0 Å². The van der Waals surface area contributed by atoms with Crippen molar-refractivity contribution >= 4 is 5.69 Å². The highest BCUT2D eigenvalue weighted by Crippen LogP contribution is 2.23. The molecule has 2 heterocycles. The topological polar surface area (TPSA) is 22.6 Å². The van der Waals surface area contributed by atoms with Crippen LogP contribution in [0.1, 0.15) is 24.2 Å². The number of hydrogen-bond acceptors (Lipinski definition) is 4. The first kappa shape index (κ1) is 16.9. The molecule has 2 aromatic rings.